The fourth-order valence-electron chi connectivity index (χ4n) is 3.30. The molecule has 0 saturated heterocycles. The van der Waals surface area contributed by atoms with Crippen molar-refractivity contribution in [2.24, 2.45) is 0 Å². The van der Waals surface area contributed by atoms with Gasteiger partial charge in [-0.25, -0.2) is 26.7 Å². The molecule has 8 heteroatoms. The van der Waals surface area contributed by atoms with Crippen LogP contribution < -0.4 is 10.4 Å². The Morgan fingerprint density at radius 3 is 2.10 bits per heavy atom. The van der Waals surface area contributed by atoms with Gasteiger partial charge in [0.2, 0.25) is 5.82 Å². The number of halogens is 5. The predicted molar refractivity (Wildman–Crippen MR) is 103 cm³/mol. The molecule has 0 atom stereocenters. The molecule has 0 N–H and O–H groups in total. The minimum atomic E-state index is -2.24. The normalized spacial score (nSPS) is 11.2. The molecule has 1 heterocycles. The Morgan fingerprint density at radius 1 is 0.839 bits per heavy atom. The first-order valence-electron chi connectivity index (χ1n) is 9.05. The van der Waals surface area contributed by atoms with Crippen LogP contribution in [0, 0.1) is 36.0 Å². The Labute approximate surface area is 172 Å². The van der Waals surface area contributed by atoms with Gasteiger partial charge in [0, 0.05) is 11.5 Å². The summed E-state index contributed by atoms with van der Waals surface area (Å²) in [5.74, 6) is -10.3. The molecule has 0 unspecified atom stereocenters. The number of rotatable bonds is 4. The van der Waals surface area contributed by atoms with E-state index in [0.29, 0.717) is 22.1 Å². The highest BCUT2D eigenvalue weighted by Crippen LogP contribution is 2.30. The maximum Gasteiger partial charge on any atom is 0.344 e. The van der Waals surface area contributed by atoms with Gasteiger partial charge >= 0.3 is 5.63 Å². The summed E-state index contributed by atoms with van der Waals surface area (Å²) in [5.41, 5.74) is 0.188. The van der Waals surface area contributed by atoms with Gasteiger partial charge in [-0.05, 0) is 30.2 Å². The van der Waals surface area contributed by atoms with Crippen LogP contribution in [-0.4, -0.2) is 0 Å². The molecule has 158 valence electrons. The lowest BCUT2D eigenvalue weighted by Crippen LogP contribution is -2.10. The lowest BCUT2D eigenvalue weighted by Gasteiger charge is -2.12. The van der Waals surface area contributed by atoms with Crippen LogP contribution in [-0.2, 0) is 6.61 Å². The topological polar surface area (TPSA) is 39.4 Å². The first-order chi connectivity index (χ1) is 14.8. The van der Waals surface area contributed by atoms with Crippen molar-refractivity contribution in [2.75, 3.05) is 0 Å². The fraction of sp³-hybridized carbons (Fsp3) is 0.0870. The molecule has 1 aromatic heterocycles. The van der Waals surface area contributed by atoms with Crippen molar-refractivity contribution in [2.45, 2.75) is 13.5 Å². The van der Waals surface area contributed by atoms with Crippen molar-refractivity contribution in [3.05, 3.63) is 99.2 Å². The molecule has 0 fully saturated rings. The summed E-state index contributed by atoms with van der Waals surface area (Å²) < 4.78 is 78.0. The second-order valence-electron chi connectivity index (χ2n) is 6.75. The maximum atomic E-state index is 13.8. The van der Waals surface area contributed by atoms with E-state index >= 15 is 0 Å². The van der Waals surface area contributed by atoms with Crippen molar-refractivity contribution in [1.29, 1.82) is 0 Å². The summed E-state index contributed by atoms with van der Waals surface area (Å²) in [4.78, 5) is 12.5. The SMILES string of the molecule is Cc1c(-c2ccccc2)c(=O)oc2cc(OCc3c(F)c(F)c(F)c(F)c3F)ccc12. The quantitative estimate of drug-likeness (QED) is 0.171. The van der Waals surface area contributed by atoms with Crippen LogP contribution in [0.15, 0.2) is 57.7 Å². The zero-order valence-electron chi connectivity index (χ0n) is 15.9. The standard InChI is InChI=1S/C23H13F5O3/c1-11-14-8-7-13(30-10-15-18(24)20(26)22(28)21(27)19(15)25)9-16(14)31-23(29)17(11)12-5-3-2-4-6-12/h2-9H,10H2,1H3. The molecule has 4 rings (SSSR count). The Hall–Kier alpha value is -3.68. The van der Waals surface area contributed by atoms with Crippen LogP contribution in [0.4, 0.5) is 22.0 Å². The predicted octanol–water partition coefficient (Wildman–Crippen LogP) is 6.04. The molecule has 0 radical (unpaired) electrons. The summed E-state index contributed by atoms with van der Waals surface area (Å²) >= 11 is 0. The van der Waals surface area contributed by atoms with E-state index in [1.54, 1.807) is 37.3 Å². The smallest absolute Gasteiger partial charge is 0.344 e. The Kier molecular flexibility index (Phi) is 5.22. The van der Waals surface area contributed by atoms with E-state index < -0.39 is 46.9 Å². The van der Waals surface area contributed by atoms with E-state index in [1.165, 1.54) is 12.1 Å². The van der Waals surface area contributed by atoms with Crippen LogP contribution in [0.1, 0.15) is 11.1 Å². The molecule has 0 aliphatic carbocycles. The average Bonchev–Trinajstić information content (AvgIpc) is 2.77. The maximum absolute atomic E-state index is 13.8. The van der Waals surface area contributed by atoms with Crippen LogP contribution >= 0.6 is 0 Å². The first-order valence-corrected chi connectivity index (χ1v) is 9.05. The summed E-state index contributed by atoms with van der Waals surface area (Å²) in [7, 11) is 0. The van der Waals surface area contributed by atoms with E-state index in [0.717, 1.165) is 0 Å². The average molecular weight is 432 g/mol. The van der Waals surface area contributed by atoms with Crippen LogP contribution in [0.25, 0.3) is 22.1 Å². The van der Waals surface area contributed by atoms with Crippen molar-refractivity contribution >= 4 is 11.0 Å². The third-order valence-corrected chi connectivity index (χ3v) is 4.89. The lowest BCUT2D eigenvalue weighted by atomic mass is 10.00. The molecule has 0 spiro atoms. The molecule has 3 aromatic carbocycles. The molecule has 0 aliphatic rings. The minimum absolute atomic E-state index is 0.0199. The number of hydrogen-bond acceptors (Lipinski definition) is 3. The number of hydrogen-bond donors (Lipinski definition) is 0. The van der Waals surface area contributed by atoms with E-state index in [2.05, 4.69) is 0 Å². The largest absolute Gasteiger partial charge is 0.489 e. The highest BCUT2D eigenvalue weighted by molar-refractivity contribution is 5.87. The van der Waals surface area contributed by atoms with Crippen LogP contribution in [0.5, 0.6) is 5.75 Å². The summed E-state index contributed by atoms with van der Waals surface area (Å²) in [5, 5.41) is 0.599. The van der Waals surface area contributed by atoms with Gasteiger partial charge in [0.05, 0.1) is 11.1 Å². The minimum Gasteiger partial charge on any atom is -0.489 e. The van der Waals surface area contributed by atoms with E-state index in [4.69, 9.17) is 9.15 Å². The lowest BCUT2D eigenvalue weighted by molar-refractivity contribution is 0.279. The number of ether oxygens (including phenoxy) is 1. The van der Waals surface area contributed by atoms with E-state index in [-0.39, 0.29) is 11.3 Å². The molecule has 4 aromatic rings. The third kappa shape index (κ3) is 3.54. The van der Waals surface area contributed by atoms with E-state index in [1.807, 2.05) is 6.07 Å². The van der Waals surface area contributed by atoms with E-state index in [9.17, 15) is 26.7 Å². The number of aryl methyl sites for hydroxylation is 1. The van der Waals surface area contributed by atoms with Gasteiger partial charge in [-0.1, -0.05) is 30.3 Å². The van der Waals surface area contributed by atoms with Gasteiger partial charge in [0.1, 0.15) is 17.9 Å². The first kappa shape index (κ1) is 20.6. The number of fused-ring (bicyclic) bond motifs is 1. The van der Waals surface area contributed by atoms with Crippen molar-refractivity contribution in [3.8, 4) is 16.9 Å². The van der Waals surface area contributed by atoms with Crippen LogP contribution in [0.2, 0.25) is 0 Å². The number of benzene rings is 3. The summed E-state index contributed by atoms with van der Waals surface area (Å²) in [6.07, 6.45) is 0. The Morgan fingerprint density at radius 2 is 1.45 bits per heavy atom. The second kappa shape index (κ2) is 7.86. The highest BCUT2D eigenvalue weighted by Gasteiger charge is 2.26. The molecular weight excluding hydrogens is 419 g/mol. The van der Waals surface area contributed by atoms with Gasteiger partial charge in [0.15, 0.2) is 23.3 Å². The Balaban J connectivity index is 1.70. The highest BCUT2D eigenvalue weighted by atomic mass is 19.2. The molecule has 0 bridgehead atoms. The second-order valence-corrected chi connectivity index (χ2v) is 6.75. The fourth-order valence-corrected chi connectivity index (χ4v) is 3.30. The molecule has 0 saturated carbocycles. The zero-order chi connectivity index (χ0) is 22.3. The van der Waals surface area contributed by atoms with Crippen molar-refractivity contribution in [3.63, 3.8) is 0 Å². The molecule has 0 amide bonds. The summed E-state index contributed by atoms with van der Waals surface area (Å²) in [6.45, 7) is 0.833. The monoisotopic (exact) mass is 432 g/mol. The van der Waals surface area contributed by atoms with Crippen molar-refractivity contribution < 1.29 is 31.1 Å². The third-order valence-electron chi connectivity index (χ3n) is 4.89. The molecular formula is C23H13F5O3. The molecule has 3 nitrogen and oxygen atoms in total. The Bertz CT molecular complexity index is 1330. The van der Waals surface area contributed by atoms with Gasteiger partial charge < -0.3 is 9.15 Å². The van der Waals surface area contributed by atoms with Gasteiger partial charge in [-0.2, -0.15) is 0 Å². The molecule has 0 aliphatic heterocycles. The van der Waals surface area contributed by atoms with Gasteiger partial charge in [0.25, 0.3) is 0 Å². The van der Waals surface area contributed by atoms with Gasteiger partial charge in [-0.3, -0.25) is 0 Å². The van der Waals surface area contributed by atoms with Gasteiger partial charge in [-0.15, -0.1) is 0 Å². The zero-order valence-corrected chi connectivity index (χ0v) is 15.9. The van der Waals surface area contributed by atoms with Crippen molar-refractivity contribution in [1.82, 2.24) is 0 Å². The van der Waals surface area contributed by atoms with Crippen LogP contribution in [0.3, 0.4) is 0 Å². The molecule has 31 heavy (non-hydrogen) atoms. The summed E-state index contributed by atoms with van der Waals surface area (Å²) in [6, 6.07) is 13.3.